The number of hydrogen-bond acceptors (Lipinski definition) is 6. The van der Waals surface area contributed by atoms with Gasteiger partial charge in [0.2, 0.25) is 11.6 Å². The lowest BCUT2D eigenvalue weighted by Crippen LogP contribution is -2.29. The van der Waals surface area contributed by atoms with Crippen LogP contribution in [0.15, 0.2) is 25.2 Å². The fourth-order valence-electron chi connectivity index (χ4n) is 3.47. The molecule has 0 bridgehead atoms. The van der Waals surface area contributed by atoms with Crippen LogP contribution in [0.2, 0.25) is 0 Å². The molecule has 0 unspecified atom stereocenters. The normalized spacial score (nSPS) is 17.7. The summed E-state index contributed by atoms with van der Waals surface area (Å²) in [5.74, 6) is -2.97. The molecule has 0 radical (unpaired) electrons. The first-order chi connectivity index (χ1) is 13.6. The van der Waals surface area contributed by atoms with Crippen molar-refractivity contribution in [2.75, 3.05) is 0 Å². The highest BCUT2D eigenvalue weighted by molar-refractivity contribution is 5.84. The van der Waals surface area contributed by atoms with Crippen LogP contribution in [0.5, 0.6) is 6.01 Å². The number of rotatable bonds is 6. The van der Waals surface area contributed by atoms with Gasteiger partial charge in [-0.05, 0) is 56.9 Å². The average Bonchev–Trinajstić information content (AvgIpc) is 2.63. The molecule has 9 heteroatoms. The predicted octanol–water partition coefficient (Wildman–Crippen LogP) is 4.05. The maximum atomic E-state index is 13.4. The monoisotopic (exact) mass is 409 g/mol. The first-order valence-electron chi connectivity index (χ1n) is 9.81. The van der Waals surface area contributed by atoms with E-state index in [2.05, 4.69) is 29.0 Å². The van der Waals surface area contributed by atoms with Gasteiger partial charge in [-0.25, -0.2) is 13.6 Å². The van der Waals surface area contributed by atoms with Crippen molar-refractivity contribution in [3.8, 4) is 6.01 Å². The van der Waals surface area contributed by atoms with E-state index in [9.17, 15) is 18.4 Å². The van der Waals surface area contributed by atoms with Crippen LogP contribution in [-0.4, -0.2) is 21.6 Å². The van der Waals surface area contributed by atoms with E-state index in [0.717, 1.165) is 13.3 Å². The van der Waals surface area contributed by atoms with Crippen molar-refractivity contribution in [3.05, 3.63) is 32.4 Å². The lowest BCUT2D eigenvalue weighted by molar-refractivity contribution is -0.0468. The summed E-state index contributed by atoms with van der Waals surface area (Å²) in [7, 11) is 0. The van der Waals surface area contributed by atoms with Gasteiger partial charge in [-0.3, -0.25) is 9.78 Å². The summed E-state index contributed by atoms with van der Waals surface area (Å²) >= 11 is 0. The van der Waals surface area contributed by atoms with Crippen molar-refractivity contribution in [1.82, 2.24) is 9.97 Å². The van der Waals surface area contributed by atoms with Crippen LogP contribution in [0.25, 0.3) is 11.1 Å². The van der Waals surface area contributed by atoms with E-state index < -0.39 is 23.0 Å². The molecule has 7 nitrogen and oxygen atoms in total. The van der Waals surface area contributed by atoms with Crippen molar-refractivity contribution in [3.63, 3.8) is 0 Å². The van der Waals surface area contributed by atoms with E-state index in [1.54, 1.807) is 0 Å². The molecule has 1 N–H and O–H groups in total. The maximum Gasteiger partial charge on any atom is 0.337 e. The van der Waals surface area contributed by atoms with Crippen LogP contribution in [0.3, 0.4) is 0 Å². The van der Waals surface area contributed by atoms with Crippen molar-refractivity contribution in [1.29, 1.82) is 0 Å². The van der Waals surface area contributed by atoms with Crippen LogP contribution >= 0.6 is 0 Å². The maximum absolute atomic E-state index is 13.4. The smallest absolute Gasteiger partial charge is 0.337 e. The molecule has 0 saturated heterocycles. The van der Waals surface area contributed by atoms with Crippen LogP contribution in [0.1, 0.15) is 58.4 Å². The van der Waals surface area contributed by atoms with E-state index >= 15 is 0 Å². The van der Waals surface area contributed by atoms with E-state index in [0.29, 0.717) is 49.3 Å². The van der Waals surface area contributed by atoms with Gasteiger partial charge >= 0.3 is 11.6 Å². The number of hydrogen-bond donors (Lipinski definition) is 1. The Labute approximate surface area is 166 Å². The second-order valence-electron chi connectivity index (χ2n) is 8.05. The Morgan fingerprint density at radius 3 is 2.66 bits per heavy atom. The van der Waals surface area contributed by atoms with Crippen molar-refractivity contribution < 1.29 is 18.0 Å². The number of H-pyrrole nitrogens is 1. The molecule has 2 aromatic rings. The van der Waals surface area contributed by atoms with Gasteiger partial charge in [0.1, 0.15) is 5.39 Å². The fourth-order valence-corrected chi connectivity index (χ4v) is 3.47. The summed E-state index contributed by atoms with van der Waals surface area (Å²) in [6.07, 6.45) is 2.78. The number of nitrogens with zero attached hydrogens (tertiary/aromatic N) is 2. The van der Waals surface area contributed by atoms with Gasteiger partial charge in [0.15, 0.2) is 0 Å². The Balaban J connectivity index is 1.80. The number of halogens is 2. The first kappa shape index (κ1) is 21.1. The molecule has 29 heavy (non-hydrogen) atoms. The molecule has 1 aliphatic carbocycles. The van der Waals surface area contributed by atoms with Gasteiger partial charge in [-0.2, -0.15) is 4.98 Å². The molecule has 158 valence electrons. The van der Waals surface area contributed by atoms with Gasteiger partial charge in [-0.15, -0.1) is 0 Å². The molecule has 3 rings (SSSR count). The third kappa shape index (κ3) is 5.27. The quantitative estimate of drug-likeness (QED) is 0.726. The summed E-state index contributed by atoms with van der Waals surface area (Å²) < 4.78 is 31.8. The summed E-state index contributed by atoms with van der Waals surface area (Å²) in [4.78, 5) is 36.1. The number of aromatic nitrogens is 2. The summed E-state index contributed by atoms with van der Waals surface area (Å²) in [6, 6.07) is 1.10. The molecule has 0 atom stereocenters. The second kappa shape index (κ2) is 8.42. The van der Waals surface area contributed by atoms with Crippen LogP contribution in [-0.2, 0) is 6.42 Å². The molecule has 0 aliphatic heterocycles. The SMILES string of the molecule is CC(C)CCc1cc(=O)oc2nc(ON=C3CCC(C(C)(F)F)CC3)[nH]c(=O)c12. The average molecular weight is 409 g/mol. The highest BCUT2D eigenvalue weighted by Gasteiger charge is 2.36. The zero-order valence-electron chi connectivity index (χ0n) is 16.8. The molecule has 0 amide bonds. The van der Waals surface area contributed by atoms with Crippen LogP contribution < -0.4 is 16.0 Å². The fraction of sp³-hybridized carbons (Fsp3) is 0.600. The van der Waals surface area contributed by atoms with Crippen LogP contribution in [0.4, 0.5) is 8.78 Å². The molecule has 1 saturated carbocycles. The standard InChI is InChI=1S/C20H25F2N3O4/c1-11(2)4-5-12-10-15(26)28-18-16(12)17(27)23-19(24-18)29-25-14-8-6-13(7-9-14)20(3,21)22/h10-11,13H,4-9H2,1-3H3,(H,23,24,27). The Bertz CT molecular complexity index is 1010. The minimum atomic E-state index is -2.71. The summed E-state index contributed by atoms with van der Waals surface area (Å²) in [5.41, 5.74) is 0.0211. The van der Waals surface area contributed by atoms with Gasteiger partial charge in [0.05, 0.1) is 5.71 Å². The minimum Gasteiger partial charge on any atom is -0.403 e. The van der Waals surface area contributed by atoms with E-state index in [1.165, 1.54) is 6.07 Å². The molecule has 0 aromatic carbocycles. The van der Waals surface area contributed by atoms with Crippen molar-refractivity contribution in [2.45, 2.75) is 65.2 Å². The van der Waals surface area contributed by atoms with E-state index in [-0.39, 0.29) is 17.1 Å². The Morgan fingerprint density at radius 1 is 1.34 bits per heavy atom. The van der Waals surface area contributed by atoms with E-state index in [4.69, 9.17) is 9.25 Å². The number of alkyl halides is 2. The Hall–Kier alpha value is -2.58. The number of aromatic amines is 1. The highest BCUT2D eigenvalue weighted by Crippen LogP contribution is 2.35. The van der Waals surface area contributed by atoms with Gasteiger partial charge in [0, 0.05) is 12.0 Å². The second-order valence-corrected chi connectivity index (χ2v) is 8.05. The largest absolute Gasteiger partial charge is 0.403 e. The molecule has 2 aromatic heterocycles. The number of nitrogens with one attached hydrogen (secondary N) is 1. The lowest BCUT2D eigenvalue weighted by atomic mass is 9.84. The Morgan fingerprint density at radius 2 is 2.03 bits per heavy atom. The first-order valence-corrected chi connectivity index (χ1v) is 9.81. The third-order valence-electron chi connectivity index (χ3n) is 5.21. The van der Waals surface area contributed by atoms with Gasteiger partial charge in [-0.1, -0.05) is 19.0 Å². The van der Waals surface area contributed by atoms with Gasteiger partial charge in [0.25, 0.3) is 5.56 Å². The predicted molar refractivity (Wildman–Crippen MR) is 105 cm³/mol. The van der Waals surface area contributed by atoms with E-state index in [1.807, 2.05) is 0 Å². The topological polar surface area (TPSA) is 97.5 Å². The molecule has 1 fully saturated rings. The number of oxime groups is 1. The summed E-state index contributed by atoms with van der Waals surface area (Å²) in [5, 5.41) is 4.16. The molecular formula is C20H25F2N3O4. The molecular weight excluding hydrogens is 384 g/mol. The van der Waals surface area contributed by atoms with Crippen molar-refractivity contribution >= 4 is 16.8 Å². The number of fused-ring (bicyclic) bond motifs is 1. The molecule has 2 heterocycles. The minimum absolute atomic E-state index is 0.107. The van der Waals surface area contributed by atoms with Gasteiger partial charge < -0.3 is 9.25 Å². The molecule has 1 aliphatic rings. The van der Waals surface area contributed by atoms with Crippen LogP contribution in [0, 0.1) is 11.8 Å². The zero-order chi connectivity index (χ0) is 21.2. The van der Waals surface area contributed by atoms with Crippen molar-refractivity contribution in [2.24, 2.45) is 17.0 Å². The highest BCUT2D eigenvalue weighted by atomic mass is 19.3. The Kier molecular flexibility index (Phi) is 6.14. The molecule has 0 spiro atoms. The zero-order valence-corrected chi connectivity index (χ0v) is 16.8. The third-order valence-corrected chi connectivity index (χ3v) is 5.21. The summed E-state index contributed by atoms with van der Waals surface area (Å²) in [6.45, 7) is 5.04. The lowest BCUT2D eigenvalue weighted by Gasteiger charge is -2.27. The number of aryl methyl sites for hydroxylation is 1.